The van der Waals surface area contributed by atoms with Crippen LogP contribution in [0.25, 0.3) is 21.7 Å². The Balaban J connectivity index is 1.68. The minimum Gasteiger partial charge on any atom is -0.543 e. The van der Waals surface area contributed by atoms with E-state index >= 15 is 0 Å². The fraction of sp³-hybridized carbons (Fsp3) is 0.400. The Hall–Kier alpha value is -3.32. The maximum atomic E-state index is 12.6. The summed E-state index contributed by atoms with van der Waals surface area (Å²) in [6.07, 6.45) is 1.68. The van der Waals surface area contributed by atoms with Crippen LogP contribution in [0.15, 0.2) is 59.5 Å². The summed E-state index contributed by atoms with van der Waals surface area (Å²) in [6.45, 7) is 14.3. The van der Waals surface area contributed by atoms with Crippen LogP contribution in [-0.4, -0.2) is 31.9 Å². The minimum atomic E-state index is -2.15. The SMILES string of the molecule is CC(C)[Si](Oc1cc(C2COc3nccc4[nH]c(=O)cc(c34)N2C)c2ccccc2c1)(C(C)C)C(C)C. The minimum absolute atomic E-state index is 0.138. The Morgan fingerprint density at radius 3 is 2.43 bits per heavy atom. The highest BCUT2D eigenvalue weighted by molar-refractivity contribution is 6.78. The molecule has 2 aromatic carbocycles. The van der Waals surface area contributed by atoms with E-state index in [1.54, 1.807) is 12.3 Å². The van der Waals surface area contributed by atoms with Crippen molar-refractivity contribution in [1.29, 1.82) is 0 Å². The first-order valence-corrected chi connectivity index (χ1v) is 15.4. The van der Waals surface area contributed by atoms with Gasteiger partial charge in [0.1, 0.15) is 12.4 Å². The zero-order chi connectivity index (χ0) is 26.5. The molecule has 3 heterocycles. The number of hydrogen-bond acceptors (Lipinski definition) is 5. The van der Waals surface area contributed by atoms with Gasteiger partial charge in [-0.1, -0.05) is 65.8 Å². The molecule has 0 saturated heterocycles. The number of likely N-dealkylation sites (N-methyl/N-ethyl adjacent to an activating group) is 1. The quantitative estimate of drug-likeness (QED) is 0.275. The van der Waals surface area contributed by atoms with E-state index < -0.39 is 8.32 Å². The van der Waals surface area contributed by atoms with Crippen molar-refractivity contribution in [2.24, 2.45) is 0 Å². The number of anilines is 1. The molecule has 0 fully saturated rings. The fourth-order valence-corrected chi connectivity index (χ4v) is 11.7. The molecule has 1 aliphatic heterocycles. The van der Waals surface area contributed by atoms with Gasteiger partial charge in [0.25, 0.3) is 8.32 Å². The van der Waals surface area contributed by atoms with Crippen molar-refractivity contribution in [3.8, 4) is 11.6 Å². The molecule has 0 amide bonds. The molecule has 1 unspecified atom stereocenters. The molecule has 194 valence electrons. The van der Waals surface area contributed by atoms with E-state index in [2.05, 4.69) is 92.8 Å². The number of nitrogens with one attached hydrogen (secondary N) is 1. The number of H-pyrrole nitrogens is 1. The molecule has 1 atom stereocenters. The van der Waals surface area contributed by atoms with Crippen LogP contribution in [0.2, 0.25) is 16.6 Å². The first-order chi connectivity index (χ1) is 17.6. The molecule has 7 heteroatoms. The van der Waals surface area contributed by atoms with E-state index in [4.69, 9.17) is 9.16 Å². The number of nitrogens with zero attached hydrogens (tertiary/aromatic N) is 2. The average molecular weight is 516 g/mol. The van der Waals surface area contributed by atoms with Crippen molar-refractivity contribution in [2.75, 3.05) is 18.6 Å². The number of rotatable bonds is 6. The van der Waals surface area contributed by atoms with E-state index in [1.807, 2.05) is 13.1 Å². The van der Waals surface area contributed by atoms with Gasteiger partial charge in [0.2, 0.25) is 11.4 Å². The van der Waals surface area contributed by atoms with E-state index in [9.17, 15) is 4.79 Å². The summed E-state index contributed by atoms with van der Waals surface area (Å²) in [5, 5.41) is 3.12. The predicted octanol–water partition coefficient (Wildman–Crippen LogP) is 7.20. The van der Waals surface area contributed by atoms with Gasteiger partial charge in [-0.25, -0.2) is 4.98 Å². The lowest BCUT2D eigenvalue weighted by molar-refractivity contribution is 0.285. The normalized spacial score (nSPS) is 16.1. The van der Waals surface area contributed by atoms with Crippen molar-refractivity contribution < 1.29 is 9.16 Å². The van der Waals surface area contributed by atoms with Crippen LogP contribution in [-0.2, 0) is 0 Å². The second-order valence-corrected chi connectivity index (χ2v) is 16.5. The zero-order valence-electron chi connectivity index (χ0n) is 22.8. The molecular weight excluding hydrogens is 478 g/mol. The third-order valence-corrected chi connectivity index (χ3v) is 14.2. The van der Waals surface area contributed by atoms with Gasteiger partial charge in [-0.3, -0.25) is 4.79 Å². The molecule has 0 bridgehead atoms. The summed E-state index contributed by atoms with van der Waals surface area (Å²) in [4.78, 5) is 22.1. The summed E-state index contributed by atoms with van der Waals surface area (Å²) in [6, 6.07) is 16.2. The first-order valence-electron chi connectivity index (χ1n) is 13.2. The summed E-state index contributed by atoms with van der Waals surface area (Å²) in [5.74, 6) is 1.46. The molecule has 37 heavy (non-hydrogen) atoms. The van der Waals surface area contributed by atoms with Crippen molar-refractivity contribution in [1.82, 2.24) is 9.97 Å². The molecule has 5 rings (SSSR count). The highest BCUT2D eigenvalue weighted by Crippen LogP contribution is 2.45. The number of hydrogen-bond donors (Lipinski definition) is 1. The van der Waals surface area contributed by atoms with Gasteiger partial charge in [-0.2, -0.15) is 0 Å². The Labute approximate surface area is 219 Å². The largest absolute Gasteiger partial charge is 0.543 e. The van der Waals surface area contributed by atoms with Crippen molar-refractivity contribution in [3.63, 3.8) is 0 Å². The maximum Gasteiger partial charge on any atom is 0.258 e. The number of aromatic nitrogens is 2. The van der Waals surface area contributed by atoms with Crippen LogP contribution in [0.4, 0.5) is 5.69 Å². The molecule has 4 aromatic rings. The van der Waals surface area contributed by atoms with E-state index in [1.165, 1.54) is 0 Å². The van der Waals surface area contributed by atoms with Crippen LogP contribution in [0.1, 0.15) is 53.1 Å². The Kier molecular flexibility index (Phi) is 6.52. The Morgan fingerprint density at radius 2 is 1.73 bits per heavy atom. The lowest BCUT2D eigenvalue weighted by Crippen LogP contribution is -2.50. The fourth-order valence-electron chi connectivity index (χ4n) is 6.49. The highest BCUT2D eigenvalue weighted by Gasteiger charge is 2.47. The second kappa shape index (κ2) is 9.52. The summed E-state index contributed by atoms with van der Waals surface area (Å²) in [5.41, 5.74) is 3.92. The molecule has 0 spiro atoms. The third-order valence-electron chi connectivity index (χ3n) is 8.15. The van der Waals surface area contributed by atoms with Gasteiger partial charge in [-0.05, 0) is 51.2 Å². The Bertz CT molecular complexity index is 1490. The second-order valence-electron chi connectivity index (χ2n) is 11.1. The van der Waals surface area contributed by atoms with E-state index in [0.717, 1.165) is 38.7 Å². The maximum absolute atomic E-state index is 12.6. The zero-order valence-corrected chi connectivity index (χ0v) is 23.8. The lowest BCUT2D eigenvalue weighted by atomic mass is 9.97. The molecule has 0 saturated carbocycles. The number of pyridine rings is 2. The van der Waals surface area contributed by atoms with Crippen molar-refractivity contribution in [3.05, 3.63) is 70.6 Å². The van der Waals surface area contributed by atoms with Crippen LogP contribution in [0.3, 0.4) is 0 Å². The number of benzene rings is 2. The molecule has 6 nitrogen and oxygen atoms in total. The standard InChI is InChI=1S/C30H37N3O3Si/c1-18(2)37(19(3)4,20(5)6)36-22-14-21-10-8-9-11-23(21)24(15-22)27-17-35-30-29-25(12-13-31-30)32-28(34)16-26(29)33(27)7/h8-16,18-20,27H,17H2,1-7H3,(H,32,34). The van der Waals surface area contributed by atoms with E-state index in [-0.39, 0.29) is 11.6 Å². The summed E-state index contributed by atoms with van der Waals surface area (Å²) < 4.78 is 13.4. The van der Waals surface area contributed by atoms with Gasteiger partial charge in [-0.15, -0.1) is 0 Å². The number of fused-ring (bicyclic) bond motifs is 1. The lowest BCUT2D eigenvalue weighted by Gasteiger charge is -2.42. The number of aromatic amines is 1. The molecule has 0 radical (unpaired) electrons. The van der Waals surface area contributed by atoms with Crippen molar-refractivity contribution in [2.45, 2.75) is 64.2 Å². The van der Waals surface area contributed by atoms with Gasteiger partial charge in [0, 0.05) is 19.3 Å². The first kappa shape index (κ1) is 25.3. The molecule has 2 aromatic heterocycles. The molecule has 1 N–H and O–H groups in total. The Morgan fingerprint density at radius 1 is 1.03 bits per heavy atom. The summed E-state index contributed by atoms with van der Waals surface area (Å²) >= 11 is 0. The van der Waals surface area contributed by atoms with Crippen LogP contribution >= 0.6 is 0 Å². The van der Waals surface area contributed by atoms with Gasteiger partial charge in [0.15, 0.2) is 0 Å². The summed E-state index contributed by atoms with van der Waals surface area (Å²) in [7, 11) is -0.124. The van der Waals surface area contributed by atoms with Gasteiger partial charge < -0.3 is 19.0 Å². The molecule has 0 aliphatic carbocycles. The highest BCUT2D eigenvalue weighted by atomic mass is 28.4. The third kappa shape index (κ3) is 4.19. The average Bonchev–Trinajstić information content (AvgIpc) is 2.99. The van der Waals surface area contributed by atoms with Crippen molar-refractivity contribution >= 4 is 35.7 Å². The monoisotopic (exact) mass is 515 g/mol. The molecular formula is C30H37N3O3Si. The smallest absolute Gasteiger partial charge is 0.258 e. The predicted molar refractivity (Wildman–Crippen MR) is 155 cm³/mol. The topological polar surface area (TPSA) is 67.5 Å². The van der Waals surface area contributed by atoms with E-state index in [0.29, 0.717) is 29.1 Å². The number of ether oxygens (including phenoxy) is 1. The van der Waals surface area contributed by atoms with Crippen LogP contribution in [0.5, 0.6) is 11.6 Å². The van der Waals surface area contributed by atoms with Gasteiger partial charge in [0.05, 0.1) is 22.6 Å². The van der Waals surface area contributed by atoms with Crippen LogP contribution < -0.4 is 19.6 Å². The molecule has 1 aliphatic rings. The van der Waals surface area contributed by atoms with Crippen LogP contribution in [0, 0.1) is 0 Å². The van der Waals surface area contributed by atoms with Gasteiger partial charge >= 0.3 is 0 Å².